The van der Waals surface area contributed by atoms with Crippen LogP contribution in [0.5, 0.6) is 0 Å². The number of likely N-dealkylation sites (N-methyl/N-ethyl adjacent to an activating group) is 1. The third-order valence-electron chi connectivity index (χ3n) is 5.54. The highest BCUT2D eigenvalue weighted by Gasteiger charge is 2.26. The molecular formula is C21H23N3OS. The van der Waals surface area contributed by atoms with Gasteiger partial charge in [-0.15, -0.1) is 11.3 Å². The van der Waals surface area contributed by atoms with E-state index in [4.69, 9.17) is 4.74 Å². The van der Waals surface area contributed by atoms with Crippen molar-refractivity contribution in [3.63, 3.8) is 0 Å². The monoisotopic (exact) mass is 365 g/mol. The zero-order valence-corrected chi connectivity index (χ0v) is 15.8. The fourth-order valence-corrected chi connectivity index (χ4v) is 4.92. The van der Waals surface area contributed by atoms with Crippen molar-refractivity contribution in [3.8, 4) is 0 Å². The minimum atomic E-state index is 0.388. The molecule has 2 aromatic heterocycles. The second-order valence-electron chi connectivity index (χ2n) is 7.32. The van der Waals surface area contributed by atoms with Gasteiger partial charge in [-0.05, 0) is 53.4 Å². The van der Waals surface area contributed by atoms with Crippen molar-refractivity contribution in [1.29, 1.82) is 0 Å². The van der Waals surface area contributed by atoms with E-state index in [1.807, 2.05) is 0 Å². The average Bonchev–Trinajstić information content (AvgIpc) is 3.15. The van der Waals surface area contributed by atoms with Crippen LogP contribution in [0.1, 0.15) is 22.6 Å². The molecule has 1 fully saturated rings. The van der Waals surface area contributed by atoms with Gasteiger partial charge in [-0.1, -0.05) is 6.07 Å². The molecule has 1 atom stereocenters. The Morgan fingerprint density at radius 2 is 2.04 bits per heavy atom. The van der Waals surface area contributed by atoms with E-state index >= 15 is 0 Å². The van der Waals surface area contributed by atoms with E-state index in [0.29, 0.717) is 5.92 Å². The molecule has 0 bridgehead atoms. The highest BCUT2D eigenvalue weighted by atomic mass is 32.1. The standard InChI is InChI=1S/C21H23N3OS/c1-23-13-17-11-18(24-5-7-25-8-6-24)2-3-19(17)20(14-23)16-10-15-4-9-26-21(15)22-12-16/h2-4,9-12,20H,5-8,13-14H2,1H3. The van der Waals surface area contributed by atoms with Crippen molar-refractivity contribution in [2.75, 3.05) is 44.8 Å². The number of benzene rings is 1. The van der Waals surface area contributed by atoms with Crippen molar-refractivity contribution >= 4 is 27.2 Å². The maximum atomic E-state index is 5.50. The number of nitrogens with zero attached hydrogens (tertiary/aromatic N) is 3. The molecule has 2 aliphatic rings. The first-order valence-electron chi connectivity index (χ1n) is 9.25. The van der Waals surface area contributed by atoms with Crippen LogP contribution in [0.4, 0.5) is 5.69 Å². The molecule has 5 rings (SSSR count). The van der Waals surface area contributed by atoms with Gasteiger partial charge in [-0.25, -0.2) is 4.98 Å². The summed E-state index contributed by atoms with van der Waals surface area (Å²) in [6.45, 7) is 5.67. The zero-order valence-electron chi connectivity index (χ0n) is 15.0. The lowest BCUT2D eigenvalue weighted by Crippen LogP contribution is -2.36. The number of fused-ring (bicyclic) bond motifs is 2. The van der Waals surface area contributed by atoms with Crippen molar-refractivity contribution < 1.29 is 4.74 Å². The van der Waals surface area contributed by atoms with E-state index in [9.17, 15) is 0 Å². The molecule has 1 saturated heterocycles. The molecule has 1 aromatic carbocycles. The van der Waals surface area contributed by atoms with Crippen LogP contribution < -0.4 is 4.90 Å². The first-order chi connectivity index (χ1) is 12.8. The van der Waals surface area contributed by atoms with Crippen LogP contribution in [0, 0.1) is 0 Å². The zero-order chi connectivity index (χ0) is 17.5. The highest BCUT2D eigenvalue weighted by molar-refractivity contribution is 7.16. The molecular weight excluding hydrogens is 342 g/mol. The average molecular weight is 366 g/mol. The molecule has 4 heterocycles. The smallest absolute Gasteiger partial charge is 0.123 e. The van der Waals surface area contributed by atoms with Crippen LogP contribution >= 0.6 is 11.3 Å². The summed E-state index contributed by atoms with van der Waals surface area (Å²) in [7, 11) is 2.22. The lowest BCUT2D eigenvalue weighted by Gasteiger charge is -2.35. The van der Waals surface area contributed by atoms with Crippen molar-refractivity contribution in [1.82, 2.24) is 9.88 Å². The Morgan fingerprint density at radius 1 is 1.15 bits per heavy atom. The third kappa shape index (κ3) is 2.90. The number of pyridine rings is 1. The van der Waals surface area contributed by atoms with Gasteiger partial charge in [0.1, 0.15) is 4.83 Å². The van der Waals surface area contributed by atoms with Crippen LogP contribution in [-0.4, -0.2) is 49.8 Å². The fraction of sp³-hybridized carbons (Fsp3) is 0.381. The Labute approximate surface area is 158 Å². The molecule has 0 spiro atoms. The maximum Gasteiger partial charge on any atom is 0.123 e. The second kappa shape index (κ2) is 6.65. The fourth-order valence-electron chi connectivity index (χ4n) is 4.20. The number of aromatic nitrogens is 1. The van der Waals surface area contributed by atoms with Gasteiger partial charge in [0.25, 0.3) is 0 Å². The molecule has 0 saturated carbocycles. The summed E-state index contributed by atoms with van der Waals surface area (Å²) < 4.78 is 5.50. The predicted molar refractivity (Wildman–Crippen MR) is 107 cm³/mol. The van der Waals surface area contributed by atoms with Crippen LogP contribution in [0.25, 0.3) is 10.2 Å². The molecule has 1 unspecified atom stereocenters. The summed E-state index contributed by atoms with van der Waals surface area (Å²) in [5.41, 5.74) is 5.55. The topological polar surface area (TPSA) is 28.6 Å². The largest absolute Gasteiger partial charge is 0.378 e. The van der Waals surface area contributed by atoms with E-state index in [-0.39, 0.29) is 0 Å². The number of morpholine rings is 1. The van der Waals surface area contributed by atoms with E-state index in [0.717, 1.165) is 44.2 Å². The summed E-state index contributed by atoms with van der Waals surface area (Å²) in [5.74, 6) is 0.388. The van der Waals surface area contributed by atoms with Crippen molar-refractivity contribution in [3.05, 3.63) is 58.6 Å². The minimum Gasteiger partial charge on any atom is -0.378 e. The normalized spacial score (nSPS) is 21.1. The minimum absolute atomic E-state index is 0.388. The third-order valence-corrected chi connectivity index (χ3v) is 6.38. The van der Waals surface area contributed by atoms with E-state index in [1.165, 1.54) is 27.8 Å². The van der Waals surface area contributed by atoms with E-state index < -0.39 is 0 Å². The Balaban J connectivity index is 1.52. The molecule has 0 aliphatic carbocycles. The molecule has 5 heteroatoms. The lowest BCUT2D eigenvalue weighted by atomic mass is 9.85. The van der Waals surface area contributed by atoms with Gasteiger partial charge < -0.3 is 14.5 Å². The number of hydrogen-bond acceptors (Lipinski definition) is 5. The Morgan fingerprint density at radius 3 is 2.92 bits per heavy atom. The first kappa shape index (κ1) is 16.2. The van der Waals surface area contributed by atoms with E-state index in [1.54, 1.807) is 11.3 Å². The second-order valence-corrected chi connectivity index (χ2v) is 8.21. The van der Waals surface area contributed by atoms with Gasteiger partial charge >= 0.3 is 0 Å². The Kier molecular flexibility index (Phi) is 4.15. The van der Waals surface area contributed by atoms with Crippen molar-refractivity contribution in [2.24, 2.45) is 0 Å². The predicted octanol–water partition coefficient (Wildman–Crippen LogP) is 3.71. The first-order valence-corrected chi connectivity index (χ1v) is 10.1. The number of rotatable bonds is 2. The molecule has 134 valence electrons. The Bertz CT molecular complexity index is 932. The number of ether oxygens (including phenoxy) is 1. The molecule has 0 amide bonds. The van der Waals surface area contributed by atoms with Crippen LogP contribution in [0.2, 0.25) is 0 Å². The molecule has 0 radical (unpaired) electrons. The maximum absolute atomic E-state index is 5.50. The van der Waals surface area contributed by atoms with Gasteiger partial charge in [0.05, 0.1) is 13.2 Å². The van der Waals surface area contributed by atoms with Gasteiger partial charge in [0.2, 0.25) is 0 Å². The molecule has 2 aliphatic heterocycles. The molecule has 26 heavy (non-hydrogen) atoms. The van der Waals surface area contributed by atoms with Crippen LogP contribution in [0.15, 0.2) is 41.9 Å². The van der Waals surface area contributed by atoms with Gasteiger partial charge in [-0.2, -0.15) is 0 Å². The van der Waals surface area contributed by atoms with Crippen LogP contribution in [0.3, 0.4) is 0 Å². The Hall–Kier alpha value is -1.95. The molecule has 4 nitrogen and oxygen atoms in total. The number of thiophene rings is 1. The van der Waals surface area contributed by atoms with Gasteiger partial charge in [-0.3, -0.25) is 0 Å². The van der Waals surface area contributed by atoms with Gasteiger partial charge in [0.15, 0.2) is 0 Å². The summed E-state index contributed by atoms with van der Waals surface area (Å²) in [4.78, 5) is 10.7. The van der Waals surface area contributed by atoms with Crippen molar-refractivity contribution in [2.45, 2.75) is 12.5 Å². The molecule has 0 N–H and O–H groups in total. The summed E-state index contributed by atoms with van der Waals surface area (Å²) in [6.07, 6.45) is 2.07. The molecule has 3 aromatic rings. The summed E-state index contributed by atoms with van der Waals surface area (Å²) >= 11 is 1.71. The van der Waals surface area contributed by atoms with Crippen LogP contribution in [-0.2, 0) is 11.3 Å². The highest BCUT2D eigenvalue weighted by Crippen LogP contribution is 2.36. The van der Waals surface area contributed by atoms with E-state index in [2.05, 4.69) is 63.7 Å². The summed E-state index contributed by atoms with van der Waals surface area (Å²) in [5, 5.41) is 3.38. The number of anilines is 1. The summed E-state index contributed by atoms with van der Waals surface area (Å²) in [6, 6.07) is 11.5. The SMILES string of the molecule is CN1Cc2cc(N3CCOCC3)ccc2C(c2cnc3sccc3c2)C1. The number of hydrogen-bond donors (Lipinski definition) is 0. The van der Waals surface area contributed by atoms with Gasteiger partial charge in [0, 0.05) is 49.4 Å². The lowest BCUT2D eigenvalue weighted by molar-refractivity contribution is 0.122. The quantitative estimate of drug-likeness (QED) is 0.692.